The minimum absolute atomic E-state index is 0. The Balaban J connectivity index is 0.000001000. The van der Waals surface area contributed by atoms with Crippen molar-refractivity contribution in [2.75, 3.05) is 0 Å². The fourth-order valence-corrected chi connectivity index (χ4v) is 3.07. The molecule has 0 N–H and O–H groups in total. The van der Waals surface area contributed by atoms with Crippen molar-refractivity contribution in [3.05, 3.63) is 9.52 Å². The Morgan fingerprint density at radius 3 is 1.64 bits per heavy atom. The van der Waals surface area contributed by atoms with E-state index >= 15 is 0 Å². The smallest absolute Gasteiger partial charge is 0.178 e. The molecule has 0 aromatic heterocycles. The molecule has 0 spiro atoms. The van der Waals surface area contributed by atoms with E-state index in [1.807, 2.05) is 0 Å². The van der Waals surface area contributed by atoms with Gasteiger partial charge in [-0.25, -0.2) is 4.99 Å². The maximum Gasteiger partial charge on any atom is 0.178 e. The Morgan fingerprint density at radius 2 is 1.55 bits per heavy atom. The van der Waals surface area contributed by atoms with E-state index in [9.17, 15) is 0 Å². The Morgan fingerprint density at radius 1 is 1.09 bits per heavy atom. The molecule has 1 aliphatic heterocycles. The third-order valence-electron chi connectivity index (χ3n) is 0.785. The quantitative estimate of drug-likeness (QED) is 0.487. The van der Waals surface area contributed by atoms with Crippen molar-refractivity contribution in [3.8, 4) is 0 Å². The standard InChI is InChI=1S/C3Cl5NS.Ir/c4-1-2(5)10(7,8)3(6)9-1;. The van der Waals surface area contributed by atoms with Crippen LogP contribution in [0.1, 0.15) is 0 Å². The predicted molar refractivity (Wildman–Crippen MR) is 51.3 cm³/mol. The second-order valence-corrected chi connectivity index (χ2v) is 7.92. The van der Waals surface area contributed by atoms with Crippen LogP contribution in [0.5, 0.6) is 0 Å². The fraction of sp³-hybridized carbons (Fsp3) is 0. The van der Waals surface area contributed by atoms with Gasteiger partial charge in [-0.1, -0.05) is 34.8 Å². The predicted octanol–water partition coefficient (Wildman–Crippen LogP) is 4.31. The number of hydrogen-bond acceptors (Lipinski definition) is 1. The third-order valence-corrected chi connectivity index (χ3v) is 6.83. The van der Waals surface area contributed by atoms with Gasteiger partial charge in [-0.3, -0.25) is 0 Å². The van der Waals surface area contributed by atoms with Crippen molar-refractivity contribution in [1.82, 2.24) is 0 Å². The minimum atomic E-state index is -2.28. The second kappa shape index (κ2) is 4.38. The summed E-state index contributed by atoms with van der Waals surface area (Å²) in [7, 11) is 9.07. The molecule has 0 fully saturated rings. The van der Waals surface area contributed by atoms with Gasteiger partial charge in [-0.2, -0.15) is 0 Å². The molecule has 0 saturated heterocycles. The van der Waals surface area contributed by atoms with E-state index in [1.54, 1.807) is 0 Å². The summed E-state index contributed by atoms with van der Waals surface area (Å²) < 4.78 is 0.188. The van der Waals surface area contributed by atoms with Crippen LogP contribution in [0.2, 0.25) is 0 Å². The Kier molecular flexibility index (Phi) is 5.13. The minimum Gasteiger partial charge on any atom is -0.214 e. The third kappa shape index (κ3) is 2.41. The van der Waals surface area contributed by atoms with E-state index in [4.69, 9.17) is 56.2 Å². The van der Waals surface area contributed by atoms with Crippen molar-refractivity contribution in [3.63, 3.8) is 0 Å². The molecule has 1 radical (unpaired) electrons. The van der Waals surface area contributed by atoms with Gasteiger partial charge in [0.1, 0.15) is 4.36 Å². The van der Waals surface area contributed by atoms with E-state index in [2.05, 4.69) is 4.99 Å². The van der Waals surface area contributed by atoms with E-state index in [0.717, 1.165) is 0 Å². The average Bonchev–Trinajstić information content (AvgIpc) is 1.97. The zero-order valence-corrected chi connectivity index (χ0v) is 11.6. The zero-order chi connectivity index (χ0) is 7.94. The van der Waals surface area contributed by atoms with Crippen molar-refractivity contribution in [2.24, 2.45) is 4.99 Å². The molecule has 1 rings (SSSR count). The van der Waals surface area contributed by atoms with Gasteiger partial charge in [0.25, 0.3) is 0 Å². The first-order chi connectivity index (χ1) is 4.46. The zero-order valence-electron chi connectivity index (χ0n) is 4.58. The molecule has 0 amide bonds. The van der Waals surface area contributed by atoms with E-state index in [0.29, 0.717) is 0 Å². The van der Waals surface area contributed by atoms with Gasteiger partial charge in [0.15, 0.2) is 9.66 Å². The summed E-state index contributed by atoms with van der Waals surface area (Å²) in [5, 5.41) is 0.0756. The van der Waals surface area contributed by atoms with Crippen LogP contribution in [0.25, 0.3) is 0 Å². The van der Waals surface area contributed by atoms with Crippen LogP contribution in [0.4, 0.5) is 0 Å². The molecular weight excluding hydrogens is 452 g/mol. The van der Waals surface area contributed by atoms with Gasteiger partial charge in [-0.15, -0.1) is 0 Å². The largest absolute Gasteiger partial charge is 0.214 e. The molecule has 11 heavy (non-hydrogen) atoms. The van der Waals surface area contributed by atoms with E-state index in [-0.39, 0.29) is 34.1 Å². The molecule has 0 aliphatic carbocycles. The van der Waals surface area contributed by atoms with E-state index < -0.39 is 8.46 Å². The summed E-state index contributed by atoms with van der Waals surface area (Å²) in [6, 6.07) is 0. The molecule has 0 saturated carbocycles. The normalized spacial score (nSPS) is 24.3. The molecule has 0 aromatic rings. The van der Waals surface area contributed by atoms with Crippen LogP contribution in [0.3, 0.4) is 0 Å². The first-order valence-corrected chi connectivity index (χ1v) is 6.40. The summed E-state index contributed by atoms with van der Waals surface area (Å²) >= 11 is 16.5. The summed E-state index contributed by atoms with van der Waals surface area (Å²) in [6.45, 7) is 0. The van der Waals surface area contributed by atoms with Gasteiger partial charge in [0.2, 0.25) is 0 Å². The fourth-order valence-electron chi connectivity index (χ4n) is 0.358. The maximum absolute atomic E-state index is 5.68. The first-order valence-electron chi connectivity index (χ1n) is 1.98. The number of hydrogen-bond donors (Lipinski definition) is 0. The van der Waals surface area contributed by atoms with Crippen molar-refractivity contribution < 1.29 is 20.1 Å². The van der Waals surface area contributed by atoms with Crippen LogP contribution in [0.15, 0.2) is 14.5 Å². The molecule has 1 nitrogen and oxygen atoms in total. The van der Waals surface area contributed by atoms with Crippen LogP contribution < -0.4 is 0 Å². The topological polar surface area (TPSA) is 12.4 Å². The van der Waals surface area contributed by atoms with Gasteiger partial charge in [-0.05, 0) is 21.4 Å². The summed E-state index contributed by atoms with van der Waals surface area (Å²) in [6.07, 6.45) is 0. The van der Waals surface area contributed by atoms with Gasteiger partial charge in [0, 0.05) is 28.6 Å². The van der Waals surface area contributed by atoms with E-state index in [1.165, 1.54) is 0 Å². The molecule has 1 heterocycles. The first kappa shape index (κ1) is 12.9. The van der Waals surface area contributed by atoms with Crippen molar-refractivity contribution in [2.45, 2.75) is 0 Å². The van der Waals surface area contributed by atoms with Gasteiger partial charge in [0.05, 0.1) is 0 Å². The summed E-state index contributed by atoms with van der Waals surface area (Å²) in [4.78, 5) is 3.59. The molecule has 8 heteroatoms. The average molecular weight is 452 g/mol. The molecule has 0 bridgehead atoms. The molecular formula is C3Cl5IrNS. The van der Waals surface area contributed by atoms with Crippen LogP contribution >= 0.6 is 64.6 Å². The Hall–Kier alpha value is 1.86. The van der Waals surface area contributed by atoms with Crippen LogP contribution in [-0.2, 0) is 20.1 Å². The van der Waals surface area contributed by atoms with Gasteiger partial charge < -0.3 is 0 Å². The SMILES string of the molecule is ClC1=NC(Cl)=C(Cl)S1(Cl)Cl.[Ir]. The Labute approximate surface area is 103 Å². The maximum atomic E-state index is 5.68. The molecule has 0 aromatic carbocycles. The van der Waals surface area contributed by atoms with Crippen LogP contribution in [0, 0.1) is 0 Å². The van der Waals surface area contributed by atoms with Gasteiger partial charge >= 0.3 is 0 Å². The number of halogens is 5. The van der Waals surface area contributed by atoms with Crippen molar-refractivity contribution >= 4 is 69.1 Å². The number of nitrogens with zero attached hydrogens (tertiary/aromatic N) is 1. The summed E-state index contributed by atoms with van der Waals surface area (Å²) in [5.74, 6) is 0. The molecule has 1 aliphatic rings. The van der Waals surface area contributed by atoms with Crippen molar-refractivity contribution in [1.29, 1.82) is 0 Å². The monoisotopic (exact) mass is 450 g/mol. The second-order valence-electron chi connectivity index (χ2n) is 1.40. The number of rotatable bonds is 0. The molecule has 67 valence electrons. The van der Waals surface area contributed by atoms with Crippen LogP contribution in [-0.4, -0.2) is 4.50 Å². The molecule has 0 atom stereocenters. The number of aliphatic imine (C=N–C) groups is 1. The summed E-state index contributed by atoms with van der Waals surface area (Å²) in [5.41, 5.74) is 0. The molecule has 0 unspecified atom stereocenters. The Bertz CT molecular complexity index is 236.